The number of benzene rings is 4. The van der Waals surface area contributed by atoms with Crippen molar-refractivity contribution in [1.82, 2.24) is 5.32 Å². The van der Waals surface area contributed by atoms with Crippen LogP contribution in [0, 0.1) is 0 Å². The standard InChI is InChI=1S/C32H32ClN3O6S/c1-41-29-17-12-22(20-30(29)42-2)18-19-34-32(38)26-9-5-7-11-28(26)35-31(37)23-13-15-25(16-14-23)36(43(3,39)40)21-24-8-4-6-10-27(24)33/h4-17,20H,18-19,21H2,1-3H3,(H,34,38)(H,35,37). The number of ether oxygens (including phenoxy) is 2. The number of rotatable bonds is 12. The van der Waals surface area contributed by atoms with Gasteiger partial charge >= 0.3 is 0 Å². The van der Waals surface area contributed by atoms with Crippen LogP contribution in [0.1, 0.15) is 31.8 Å². The summed E-state index contributed by atoms with van der Waals surface area (Å²) in [6, 6.07) is 25.4. The van der Waals surface area contributed by atoms with Gasteiger partial charge in [0.15, 0.2) is 11.5 Å². The molecule has 0 bridgehead atoms. The van der Waals surface area contributed by atoms with Crippen LogP contribution in [0.15, 0.2) is 91.0 Å². The number of para-hydroxylation sites is 1. The van der Waals surface area contributed by atoms with Crippen molar-refractivity contribution in [2.45, 2.75) is 13.0 Å². The lowest BCUT2D eigenvalue weighted by molar-refractivity contribution is 0.0955. The van der Waals surface area contributed by atoms with Crippen molar-refractivity contribution < 1.29 is 27.5 Å². The molecule has 0 fully saturated rings. The minimum Gasteiger partial charge on any atom is -0.493 e. The summed E-state index contributed by atoms with van der Waals surface area (Å²) >= 11 is 6.25. The molecule has 4 aromatic carbocycles. The summed E-state index contributed by atoms with van der Waals surface area (Å²) in [5, 5.41) is 6.14. The summed E-state index contributed by atoms with van der Waals surface area (Å²) in [4.78, 5) is 26.1. The van der Waals surface area contributed by atoms with Gasteiger partial charge in [0.2, 0.25) is 10.0 Å². The van der Waals surface area contributed by atoms with E-state index in [2.05, 4.69) is 10.6 Å². The molecule has 2 amide bonds. The fourth-order valence-corrected chi connectivity index (χ4v) is 5.47. The molecule has 0 atom stereocenters. The van der Waals surface area contributed by atoms with Gasteiger partial charge < -0.3 is 20.1 Å². The average Bonchev–Trinajstić information content (AvgIpc) is 3.00. The molecule has 9 nitrogen and oxygen atoms in total. The lowest BCUT2D eigenvalue weighted by atomic mass is 10.1. The molecule has 0 aliphatic heterocycles. The number of carbonyl (C=O) groups is 2. The Hall–Kier alpha value is -4.54. The van der Waals surface area contributed by atoms with E-state index < -0.39 is 15.9 Å². The highest BCUT2D eigenvalue weighted by Gasteiger charge is 2.20. The molecule has 0 aromatic heterocycles. The first-order valence-electron chi connectivity index (χ1n) is 13.3. The fraction of sp³-hybridized carbons (Fsp3) is 0.188. The predicted octanol–water partition coefficient (Wildman–Crippen LogP) is 5.55. The Kier molecular flexibility index (Phi) is 10.3. The fourth-order valence-electron chi connectivity index (χ4n) is 4.40. The summed E-state index contributed by atoms with van der Waals surface area (Å²) < 4.78 is 37.0. The molecule has 0 aliphatic carbocycles. The maximum Gasteiger partial charge on any atom is 0.255 e. The molecule has 43 heavy (non-hydrogen) atoms. The first kappa shape index (κ1) is 31.4. The monoisotopic (exact) mass is 621 g/mol. The highest BCUT2D eigenvalue weighted by molar-refractivity contribution is 7.92. The van der Waals surface area contributed by atoms with Crippen LogP contribution in [-0.4, -0.2) is 47.3 Å². The Morgan fingerprint density at radius 3 is 2.19 bits per heavy atom. The molecule has 0 aliphatic rings. The van der Waals surface area contributed by atoms with E-state index in [-0.39, 0.29) is 12.5 Å². The van der Waals surface area contributed by atoms with Crippen LogP contribution in [0.25, 0.3) is 0 Å². The largest absolute Gasteiger partial charge is 0.493 e. The van der Waals surface area contributed by atoms with Gasteiger partial charge in [0.25, 0.3) is 11.8 Å². The molecule has 0 heterocycles. The topological polar surface area (TPSA) is 114 Å². The van der Waals surface area contributed by atoms with E-state index in [0.717, 1.165) is 11.8 Å². The first-order chi connectivity index (χ1) is 20.6. The first-order valence-corrected chi connectivity index (χ1v) is 15.5. The number of hydrogen-bond donors (Lipinski definition) is 2. The normalized spacial score (nSPS) is 11.0. The third kappa shape index (κ3) is 8.06. The van der Waals surface area contributed by atoms with Gasteiger partial charge in [0, 0.05) is 17.1 Å². The summed E-state index contributed by atoms with van der Waals surface area (Å²) in [5.41, 5.74) is 2.94. The Morgan fingerprint density at radius 1 is 0.837 bits per heavy atom. The average molecular weight is 622 g/mol. The summed E-state index contributed by atoms with van der Waals surface area (Å²) in [6.07, 6.45) is 1.67. The van der Waals surface area contributed by atoms with Crippen molar-refractivity contribution in [1.29, 1.82) is 0 Å². The summed E-state index contributed by atoms with van der Waals surface area (Å²) in [6.45, 7) is 0.404. The van der Waals surface area contributed by atoms with Crippen LogP contribution in [0.3, 0.4) is 0 Å². The molecular formula is C32H32ClN3O6S. The van der Waals surface area contributed by atoms with Crippen molar-refractivity contribution in [3.05, 3.63) is 118 Å². The molecule has 4 aromatic rings. The SMILES string of the molecule is COc1ccc(CCNC(=O)c2ccccc2NC(=O)c2ccc(N(Cc3ccccc3Cl)S(C)(=O)=O)cc2)cc1OC. The molecule has 0 unspecified atom stereocenters. The number of anilines is 2. The Bertz CT molecular complexity index is 1710. The van der Waals surface area contributed by atoms with Crippen molar-refractivity contribution in [3.8, 4) is 11.5 Å². The van der Waals surface area contributed by atoms with Gasteiger partial charge in [0.1, 0.15) is 0 Å². The lowest BCUT2D eigenvalue weighted by Crippen LogP contribution is -2.29. The maximum absolute atomic E-state index is 13.1. The Labute approximate surface area is 256 Å². The molecule has 4 rings (SSSR count). The van der Waals surface area contributed by atoms with Gasteiger partial charge in [-0.1, -0.05) is 48.0 Å². The van der Waals surface area contributed by atoms with Crippen LogP contribution in [-0.2, 0) is 23.0 Å². The number of sulfonamides is 1. The van der Waals surface area contributed by atoms with Gasteiger partial charge in [0.05, 0.1) is 44.0 Å². The van der Waals surface area contributed by atoms with E-state index in [9.17, 15) is 18.0 Å². The van der Waals surface area contributed by atoms with Crippen LogP contribution < -0.4 is 24.4 Å². The third-order valence-electron chi connectivity index (χ3n) is 6.66. The van der Waals surface area contributed by atoms with E-state index in [4.69, 9.17) is 21.1 Å². The van der Waals surface area contributed by atoms with Gasteiger partial charge in [-0.05, 0) is 72.1 Å². The highest BCUT2D eigenvalue weighted by atomic mass is 35.5. The molecule has 0 radical (unpaired) electrons. The van der Waals surface area contributed by atoms with E-state index in [0.29, 0.717) is 57.6 Å². The predicted molar refractivity (Wildman–Crippen MR) is 169 cm³/mol. The maximum atomic E-state index is 13.1. The van der Waals surface area contributed by atoms with Crippen molar-refractivity contribution in [2.75, 3.05) is 36.6 Å². The van der Waals surface area contributed by atoms with Gasteiger partial charge in [-0.2, -0.15) is 0 Å². The molecule has 11 heteroatoms. The van der Waals surface area contributed by atoms with Crippen LogP contribution in [0.4, 0.5) is 11.4 Å². The third-order valence-corrected chi connectivity index (χ3v) is 8.17. The molecule has 2 N–H and O–H groups in total. The van der Waals surface area contributed by atoms with Crippen LogP contribution >= 0.6 is 11.6 Å². The highest BCUT2D eigenvalue weighted by Crippen LogP contribution is 2.28. The van der Waals surface area contributed by atoms with Crippen LogP contribution in [0.5, 0.6) is 11.5 Å². The zero-order valence-corrected chi connectivity index (χ0v) is 25.5. The number of methoxy groups -OCH3 is 2. The van der Waals surface area contributed by atoms with Gasteiger partial charge in [-0.3, -0.25) is 13.9 Å². The second-order valence-corrected chi connectivity index (χ2v) is 11.9. The second kappa shape index (κ2) is 14.1. The smallest absolute Gasteiger partial charge is 0.255 e. The zero-order chi connectivity index (χ0) is 31.0. The van der Waals surface area contributed by atoms with Gasteiger partial charge in [-0.15, -0.1) is 0 Å². The molecule has 0 spiro atoms. The molecule has 224 valence electrons. The van der Waals surface area contributed by atoms with E-state index in [1.165, 1.54) is 16.4 Å². The quantitative estimate of drug-likeness (QED) is 0.214. The van der Waals surface area contributed by atoms with E-state index >= 15 is 0 Å². The number of hydrogen-bond acceptors (Lipinski definition) is 6. The minimum absolute atomic E-state index is 0.0402. The molecular weight excluding hydrogens is 590 g/mol. The zero-order valence-electron chi connectivity index (χ0n) is 24.0. The van der Waals surface area contributed by atoms with Crippen molar-refractivity contribution in [3.63, 3.8) is 0 Å². The number of amides is 2. The summed E-state index contributed by atoms with van der Waals surface area (Å²) in [7, 11) is -0.510. The Morgan fingerprint density at radius 2 is 1.51 bits per heavy atom. The molecule has 0 saturated carbocycles. The van der Waals surface area contributed by atoms with E-state index in [1.807, 2.05) is 18.2 Å². The van der Waals surface area contributed by atoms with E-state index in [1.54, 1.807) is 74.9 Å². The number of carbonyl (C=O) groups excluding carboxylic acids is 2. The molecule has 0 saturated heterocycles. The Balaban J connectivity index is 1.42. The summed E-state index contributed by atoms with van der Waals surface area (Å²) in [5.74, 6) is 0.445. The lowest BCUT2D eigenvalue weighted by Gasteiger charge is -2.23. The van der Waals surface area contributed by atoms with Crippen LogP contribution in [0.2, 0.25) is 5.02 Å². The number of nitrogens with one attached hydrogen (secondary N) is 2. The number of halogens is 1. The number of nitrogens with zero attached hydrogens (tertiary/aromatic N) is 1. The second-order valence-electron chi connectivity index (χ2n) is 9.60. The van der Waals surface area contributed by atoms with Crippen molar-refractivity contribution in [2.24, 2.45) is 0 Å². The minimum atomic E-state index is -3.64. The van der Waals surface area contributed by atoms with Crippen molar-refractivity contribution >= 4 is 44.8 Å². The van der Waals surface area contributed by atoms with Gasteiger partial charge in [-0.25, -0.2) is 8.42 Å².